The van der Waals surface area contributed by atoms with Crippen molar-refractivity contribution in [2.75, 3.05) is 5.32 Å². The molecule has 0 bridgehead atoms. The van der Waals surface area contributed by atoms with Crippen LogP contribution in [0.15, 0.2) is 54.9 Å². The second-order valence-corrected chi connectivity index (χ2v) is 8.14. The van der Waals surface area contributed by atoms with E-state index in [0.29, 0.717) is 35.3 Å². The molecule has 3 N–H and O–H groups in total. The maximum absolute atomic E-state index is 14.0. The van der Waals surface area contributed by atoms with Gasteiger partial charge in [0, 0.05) is 35.3 Å². The van der Waals surface area contributed by atoms with E-state index in [9.17, 15) is 18.4 Å². The zero-order valence-electron chi connectivity index (χ0n) is 17.5. The molecule has 2 amide bonds. The topological polar surface area (TPSA) is 103 Å². The van der Waals surface area contributed by atoms with Gasteiger partial charge in [0.25, 0.3) is 11.8 Å². The fourth-order valence-corrected chi connectivity index (χ4v) is 4.28. The highest BCUT2D eigenvalue weighted by Gasteiger charge is 2.28. The second kappa shape index (κ2) is 8.35. The number of aromatic nitrogens is 3. The first kappa shape index (κ1) is 21.7. The van der Waals surface area contributed by atoms with E-state index in [1.54, 1.807) is 12.1 Å². The summed E-state index contributed by atoms with van der Waals surface area (Å²) in [6.45, 7) is 0. The normalized spacial score (nSPS) is 12.1. The highest BCUT2D eigenvalue weighted by Crippen LogP contribution is 2.38. The monoisotopic (exact) mass is 479 g/mol. The standard InChI is InChI=1S/C24H16ClF2N5O2/c25-18-11-29-8-7-15(18)24(34)30-13-3-1-12-2-5-16-21(23(28)33)31-32(22(16)17(12)9-13)14-4-6-19(26)20(27)10-14/h1,3-4,6-11H,2,5H2,(H2,28,33)(H,30,34). The number of nitrogens with two attached hydrogens (primary N) is 1. The van der Waals surface area contributed by atoms with Gasteiger partial charge in [0.15, 0.2) is 17.3 Å². The van der Waals surface area contributed by atoms with Gasteiger partial charge in [-0.15, -0.1) is 0 Å². The number of halogens is 3. The van der Waals surface area contributed by atoms with Crippen molar-refractivity contribution >= 4 is 29.1 Å². The van der Waals surface area contributed by atoms with Crippen molar-refractivity contribution in [1.82, 2.24) is 14.8 Å². The van der Waals surface area contributed by atoms with Crippen molar-refractivity contribution < 1.29 is 18.4 Å². The highest BCUT2D eigenvalue weighted by atomic mass is 35.5. The van der Waals surface area contributed by atoms with E-state index in [-0.39, 0.29) is 22.0 Å². The molecule has 0 unspecified atom stereocenters. The summed E-state index contributed by atoms with van der Waals surface area (Å²) in [7, 11) is 0. The molecule has 0 saturated carbocycles. The summed E-state index contributed by atoms with van der Waals surface area (Å²) in [5, 5.41) is 7.34. The number of nitrogens with zero attached hydrogens (tertiary/aromatic N) is 3. The van der Waals surface area contributed by atoms with Crippen LogP contribution in [0.4, 0.5) is 14.5 Å². The lowest BCUT2D eigenvalue weighted by atomic mass is 9.88. The molecule has 0 aliphatic heterocycles. The maximum Gasteiger partial charge on any atom is 0.269 e. The summed E-state index contributed by atoms with van der Waals surface area (Å²) < 4.78 is 28.9. The second-order valence-electron chi connectivity index (χ2n) is 7.73. The zero-order valence-corrected chi connectivity index (χ0v) is 18.2. The number of anilines is 1. The number of primary amides is 1. The molecule has 5 rings (SSSR count). The van der Waals surface area contributed by atoms with Gasteiger partial charge in [0.1, 0.15) is 0 Å². The Labute approximate surface area is 197 Å². The third-order valence-electron chi connectivity index (χ3n) is 5.65. The summed E-state index contributed by atoms with van der Waals surface area (Å²) in [4.78, 5) is 28.7. The number of carbonyl (C=O) groups excluding carboxylic acids is 2. The molecule has 0 atom stereocenters. The molecule has 0 radical (unpaired) electrons. The summed E-state index contributed by atoms with van der Waals surface area (Å²) in [5.74, 6) is -3.19. The summed E-state index contributed by atoms with van der Waals surface area (Å²) in [6, 6.07) is 10.2. The first-order valence-corrected chi connectivity index (χ1v) is 10.6. The number of fused-ring (bicyclic) bond motifs is 3. The molecule has 0 saturated heterocycles. The summed E-state index contributed by atoms with van der Waals surface area (Å²) in [6.07, 6.45) is 3.94. The van der Waals surface area contributed by atoms with Gasteiger partial charge in [-0.05, 0) is 48.7 Å². The molecule has 2 aromatic heterocycles. The molecule has 1 aliphatic carbocycles. The number of rotatable bonds is 4. The molecule has 1 aliphatic rings. The number of aryl methyl sites for hydroxylation is 1. The third-order valence-corrected chi connectivity index (χ3v) is 5.95. The van der Waals surface area contributed by atoms with Gasteiger partial charge in [-0.1, -0.05) is 17.7 Å². The van der Waals surface area contributed by atoms with Crippen LogP contribution in [0.2, 0.25) is 5.02 Å². The molecule has 4 aromatic rings. The van der Waals surface area contributed by atoms with Crippen molar-refractivity contribution in [3.63, 3.8) is 0 Å². The van der Waals surface area contributed by atoms with Crippen molar-refractivity contribution in [3.05, 3.63) is 93.9 Å². The molecule has 10 heteroatoms. The van der Waals surface area contributed by atoms with Crippen LogP contribution in [0.1, 0.15) is 32.0 Å². The predicted molar refractivity (Wildman–Crippen MR) is 122 cm³/mol. The van der Waals surface area contributed by atoms with Gasteiger partial charge < -0.3 is 11.1 Å². The van der Waals surface area contributed by atoms with Crippen molar-refractivity contribution in [1.29, 1.82) is 0 Å². The average molecular weight is 480 g/mol. The molecule has 7 nitrogen and oxygen atoms in total. The van der Waals surface area contributed by atoms with Crippen LogP contribution in [-0.2, 0) is 12.8 Å². The molecule has 34 heavy (non-hydrogen) atoms. The first-order valence-electron chi connectivity index (χ1n) is 10.2. The van der Waals surface area contributed by atoms with E-state index in [1.807, 2.05) is 6.07 Å². The SMILES string of the molecule is NC(=O)c1nn(-c2ccc(F)c(F)c2)c2c1CCc1ccc(NC(=O)c3ccncc3Cl)cc1-2. The van der Waals surface area contributed by atoms with Crippen LogP contribution in [-0.4, -0.2) is 26.6 Å². The fraction of sp³-hybridized carbons (Fsp3) is 0.0833. The number of benzene rings is 2. The predicted octanol–water partition coefficient (Wildman–Crippen LogP) is 4.32. The van der Waals surface area contributed by atoms with Crippen LogP contribution in [0, 0.1) is 11.6 Å². The summed E-state index contributed by atoms with van der Waals surface area (Å²) in [5.41, 5.74) is 9.33. The Bertz CT molecular complexity index is 1480. The smallest absolute Gasteiger partial charge is 0.269 e. The Kier molecular flexibility index (Phi) is 5.33. The lowest BCUT2D eigenvalue weighted by Gasteiger charge is -2.20. The van der Waals surface area contributed by atoms with E-state index in [4.69, 9.17) is 17.3 Å². The van der Waals surface area contributed by atoms with Gasteiger partial charge in [-0.3, -0.25) is 14.6 Å². The number of hydrogen-bond donors (Lipinski definition) is 2. The van der Waals surface area contributed by atoms with Crippen LogP contribution < -0.4 is 11.1 Å². The highest BCUT2D eigenvalue weighted by molar-refractivity contribution is 6.34. The van der Waals surface area contributed by atoms with E-state index >= 15 is 0 Å². The summed E-state index contributed by atoms with van der Waals surface area (Å²) >= 11 is 6.08. The van der Waals surface area contributed by atoms with Crippen LogP contribution in [0.3, 0.4) is 0 Å². The third kappa shape index (κ3) is 3.69. The Hall–Kier alpha value is -4.11. The van der Waals surface area contributed by atoms with Crippen LogP contribution in [0.25, 0.3) is 16.9 Å². The maximum atomic E-state index is 14.0. The van der Waals surface area contributed by atoms with Gasteiger partial charge >= 0.3 is 0 Å². The van der Waals surface area contributed by atoms with Gasteiger partial charge in [0.05, 0.1) is 22.0 Å². The van der Waals surface area contributed by atoms with Gasteiger partial charge in [-0.25, -0.2) is 13.5 Å². The molecular weight excluding hydrogens is 464 g/mol. The Balaban J connectivity index is 1.62. The van der Waals surface area contributed by atoms with Crippen molar-refractivity contribution in [2.45, 2.75) is 12.8 Å². The fourth-order valence-electron chi connectivity index (χ4n) is 4.08. The molecule has 2 heterocycles. The number of carbonyl (C=O) groups is 2. The first-order chi connectivity index (χ1) is 16.3. The molecule has 2 aromatic carbocycles. The van der Waals surface area contributed by atoms with E-state index in [0.717, 1.165) is 17.7 Å². The minimum Gasteiger partial charge on any atom is -0.364 e. The lowest BCUT2D eigenvalue weighted by Crippen LogP contribution is -2.16. The van der Waals surface area contributed by atoms with E-state index < -0.39 is 23.4 Å². The van der Waals surface area contributed by atoms with Crippen LogP contribution in [0.5, 0.6) is 0 Å². The Morgan fingerprint density at radius 1 is 1.06 bits per heavy atom. The largest absolute Gasteiger partial charge is 0.364 e. The number of amides is 2. The Morgan fingerprint density at radius 3 is 2.62 bits per heavy atom. The molecule has 170 valence electrons. The van der Waals surface area contributed by atoms with Crippen LogP contribution >= 0.6 is 11.6 Å². The minimum atomic E-state index is -1.05. The number of nitrogens with one attached hydrogen (secondary N) is 1. The number of pyridine rings is 1. The lowest BCUT2D eigenvalue weighted by molar-refractivity contribution is 0.0992. The van der Waals surface area contributed by atoms with E-state index in [2.05, 4.69) is 15.4 Å². The minimum absolute atomic E-state index is 0.0587. The average Bonchev–Trinajstić information content (AvgIpc) is 3.22. The molecule has 0 fully saturated rings. The van der Waals surface area contributed by atoms with Crippen molar-refractivity contribution in [2.24, 2.45) is 5.73 Å². The zero-order chi connectivity index (χ0) is 24.0. The van der Waals surface area contributed by atoms with E-state index in [1.165, 1.54) is 29.2 Å². The van der Waals surface area contributed by atoms with Gasteiger partial charge in [0.2, 0.25) is 0 Å². The Morgan fingerprint density at radius 2 is 1.88 bits per heavy atom. The van der Waals surface area contributed by atoms with Gasteiger partial charge in [-0.2, -0.15) is 5.10 Å². The molecule has 0 spiro atoms. The molecular formula is C24H16ClF2N5O2. The number of hydrogen-bond acceptors (Lipinski definition) is 4. The quantitative estimate of drug-likeness (QED) is 0.455. The van der Waals surface area contributed by atoms with Crippen molar-refractivity contribution in [3.8, 4) is 16.9 Å².